The Kier molecular flexibility index (Phi) is 6.64. The molecule has 0 saturated carbocycles. The van der Waals surface area contributed by atoms with E-state index in [4.69, 9.17) is 0 Å². The summed E-state index contributed by atoms with van der Waals surface area (Å²) in [5, 5.41) is 0. The smallest absolute Gasteiger partial charge is 0.269 e. The summed E-state index contributed by atoms with van der Waals surface area (Å²) in [5.74, 6) is -0.418. The van der Waals surface area contributed by atoms with Gasteiger partial charge in [-0.2, -0.15) is 0 Å². The fraction of sp³-hybridized carbons (Fsp3) is 0.467. The summed E-state index contributed by atoms with van der Waals surface area (Å²) in [4.78, 5) is 23.3. The maximum atomic E-state index is 11.8. The van der Waals surface area contributed by atoms with Gasteiger partial charge in [-0.15, -0.1) is 0 Å². The lowest BCUT2D eigenvalue weighted by molar-refractivity contribution is -0.122. The van der Waals surface area contributed by atoms with Crippen LogP contribution in [0, 0.1) is 6.92 Å². The number of carbonyl (C=O) groups is 2. The van der Waals surface area contributed by atoms with E-state index < -0.39 is 0 Å². The molecule has 19 heavy (non-hydrogen) atoms. The van der Waals surface area contributed by atoms with Crippen molar-refractivity contribution in [1.29, 1.82) is 0 Å². The molecule has 0 aliphatic heterocycles. The van der Waals surface area contributed by atoms with Gasteiger partial charge in [-0.3, -0.25) is 20.4 Å². The highest BCUT2D eigenvalue weighted by Gasteiger charge is 2.08. The lowest BCUT2D eigenvalue weighted by Crippen LogP contribution is -2.41. The van der Waals surface area contributed by atoms with E-state index in [0.717, 1.165) is 31.2 Å². The van der Waals surface area contributed by atoms with Crippen molar-refractivity contribution in [3.05, 3.63) is 35.4 Å². The number of nitrogens with one attached hydrogen (secondary N) is 2. The van der Waals surface area contributed by atoms with Crippen molar-refractivity contribution in [2.24, 2.45) is 0 Å². The van der Waals surface area contributed by atoms with Crippen molar-refractivity contribution in [3.63, 3.8) is 0 Å². The van der Waals surface area contributed by atoms with E-state index in [0.29, 0.717) is 12.0 Å². The Labute approximate surface area is 114 Å². The number of hydrazine groups is 1. The van der Waals surface area contributed by atoms with Gasteiger partial charge in [-0.1, -0.05) is 44.4 Å². The SMILES string of the molecule is CCCCCCC(=O)NNC(=O)c1ccccc1C. The summed E-state index contributed by atoms with van der Waals surface area (Å²) in [6.07, 6.45) is 4.65. The molecule has 0 spiro atoms. The summed E-state index contributed by atoms with van der Waals surface area (Å²) >= 11 is 0. The molecule has 4 heteroatoms. The molecule has 0 atom stereocenters. The van der Waals surface area contributed by atoms with E-state index >= 15 is 0 Å². The zero-order chi connectivity index (χ0) is 14.1. The molecule has 2 amide bonds. The van der Waals surface area contributed by atoms with Crippen molar-refractivity contribution in [2.45, 2.75) is 46.0 Å². The number of carbonyl (C=O) groups excluding carboxylic acids is 2. The first-order valence-electron chi connectivity index (χ1n) is 6.80. The van der Waals surface area contributed by atoms with Gasteiger partial charge in [0.2, 0.25) is 5.91 Å². The Bertz CT molecular complexity index is 430. The van der Waals surface area contributed by atoms with Crippen molar-refractivity contribution < 1.29 is 9.59 Å². The Balaban J connectivity index is 2.30. The molecule has 0 aliphatic rings. The van der Waals surface area contributed by atoms with E-state index in [9.17, 15) is 9.59 Å². The van der Waals surface area contributed by atoms with Gasteiger partial charge in [0.05, 0.1) is 0 Å². The molecule has 1 aromatic rings. The van der Waals surface area contributed by atoms with Crippen LogP contribution in [-0.2, 0) is 4.79 Å². The Morgan fingerprint density at radius 3 is 2.47 bits per heavy atom. The molecule has 4 nitrogen and oxygen atoms in total. The first kappa shape index (κ1) is 15.2. The molecule has 2 N–H and O–H groups in total. The number of rotatable bonds is 6. The average molecular weight is 262 g/mol. The summed E-state index contributed by atoms with van der Waals surface area (Å²) in [6, 6.07) is 7.27. The molecular formula is C15H22N2O2. The number of hydrogen-bond donors (Lipinski definition) is 2. The van der Waals surface area contributed by atoms with Crippen LogP contribution < -0.4 is 10.9 Å². The van der Waals surface area contributed by atoms with Gasteiger partial charge < -0.3 is 0 Å². The monoisotopic (exact) mass is 262 g/mol. The number of unbranched alkanes of at least 4 members (excludes halogenated alkanes) is 3. The van der Waals surface area contributed by atoms with Crippen LogP contribution >= 0.6 is 0 Å². The maximum absolute atomic E-state index is 11.8. The Hall–Kier alpha value is -1.84. The molecule has 1 aromatic carbocycles. The highest BCUT2D eigenvalue weighted by atomic mass is 16.2. The van der Waals surface area contributed by atoms with E-state index in [1.165, 1.54) is 0 Å². The summed E-state index contributed by atoms with van der Waals surface area (Å²) in [5.41, 5.74) is 6.35. The number of amides is 2. The average Bonchev–Trinajstić information content (AvgIpc) is 2.41. The van der Waals surface area contributed by atoms with E-state index in [1.54, 1.807) is 12.1 Å². The molecule has 104 valence electrons. The maximum Gasteiger partial charge on any atom is 0.269 e. The molecule has 0 unspecified atom stereocenters. The molecule has 0 heterocycles. The van der Waals surface area contributed by atoms with Crippen LogP contribution in [0.4, 0.5) is 0 Å². The number of benzene rings is 1. The molecule has 1 rings (SSSR count). The number of hydrogen-bond acceptors (Lipinski definition) is 2. The van der Waals surface area contributed by atoms with Gasteiger partial charge >= 0.3 is 0 Å². The minimum atomic E-state index is -0.278. The first-order chi connectivity index (χ1) is 9.15. The second-order valence-corrected chi connectivity index (χ2v) is 4.63. The molecule has 0 bridgehead atoms. The quantitative estimate of drug-likeness (QED) is 0.611. The minimum Gasteiger partial charge on any atom is -0.273 e. The third-order valence-corrected chi connectivity index (χ3v) is 2.96. The highest BCUT2D eigenvalue weighted by molar-refractivity contribution is 5.96. The van der Waals surface area contributed by atoms with Crippen molar-refractivity contribution >= 4 is 11.8 Å². The van der Waals surface area contributed by atoms with Gasteiger partial charge in [-0.25, -0.2) is 0 Å². The lowest BCUT2D eigenvalue weighted by Gasteiger charge is -2.08. The van der Waals surface area contributed by atoms with Gasteiger partial charge in [0.25, 0.3) is 5.91 Å². The zero-order valence-electron chi connectivity index (χ0n) is 11.7. The molecule has 0 aromatic heterocycles. The fourth-order valence-corrected chi connectivity index (χ4v) is 1.80. The topological polar surface area (TPSA) is 58.2 Å². The van der Waals surface area contributed by atoms with Gasteiger partial charge in [0.1, 0.15) is 0 Å². The highest BCUT2D eigenvalue weighted by Crippen LogP contribution is 2.06. The molecule has 0 saturated heterocycles. The molecule has 0 aliphatic carbocycles. The fourth-order valence-electron chi connectivity index (χ4n) is 1.80. The molecule has 0 fully saturated rings. The summed E-state index contributed by atoms with van der Waals surface area (Å²) < 4.78 is 0. The predicted molar refractivity (Wildman–Crippen MR) is 75.5 cm³/mol. The van der Waals surface area contributed by atoms with Crippen LogP contribution in [-0.4, -0.2) is 11.8 Å². The van der Waals surface area contributed by atoms with Crippen LogP contribution in [0.5, 0.6) is 0 Å². The predicted octanol–water partition coefficient (Wildman–Crippen LogP) is 2.73. The number of aryl methyl sites for hydroxylation is 1. The van der Waals surface area contributed by atoms with Crippen LogP contribution in [0.1, 0.15) is 54.9 Å². The van der Waals surface area contributed by atoms with Gasteiger partial charge in [0, 0.05) is 12.0 Å². The Morgan fingerprint density at radius 2 is 1.79 bits per heavy atom. The second kappa shape index (κ2) is 8.29. The lowest BCUT2D eigenvalue weighted by atomic mass is 10.1. The molecular weight excluding hydrogens is 240 g/mol. The van der Waals surface area contributed by atoms with Gasteiger partial charge in [0.15, 0.2) is 0 Å². The van der Waals surface area contributed by atoms with Crippen molar-refractivity contribution in [2.75, 3.05) is 0 Å². The van der Waals surface area contributed by atoms with Gasteiger partial charge in [-0.05, 0) is 25.0 Å². The zero-order valence-corrected chi connectivity index (χ0v) is 11.7. The van der Waals surface area contributed by atoms with Crippen molar-refractivity contribution in [3.8, 4) is 0 Å². The standard InChI is InChI=1S/C15H22N2O2/c1-3-4-5-6-11-14(18)16-17-15(19)13-10-8-7-9-12(13)2/h7-10H,3-6,11H2,1-2H3,(H,16,18)(H,17,19). The normalized spacial score (nSPS) is 10.0. The minimum absolute atomic E-state index is 0.141. The van der Waals surface area contributed by atoms with E-state index in [2.05, 4.69) is 17.8 Å². The van der Waals surface area contributed by atoms with Crippen LogP contribution in [0.25, 0.3) is 0 Å². The van der Waals surface area contributed by atoms with E-state index in [1.807, 2.05) is 19.1 Å². The van der Waals surface area contributed by atoms with Crippen LogP contribution in [0.15, 0.2) is 24.3 Å². The second-order valence-electron chi connectivity index (χ2n) is 4.63. The van der Waals surface area contributed by atoms with E-state index in [-0.39, 0.29) is 11.8 Å². The molecule has 0 radical (unpaired) electrons. The third-order valence-electron chi connectivity index (χ3n) is 2.96. The first-order valence-corrected chi connectivity index (χ1v) is 6.80. The van der Waals surface area contributed by atoms with Crippen LogP contribution in [0.3, 0.4) is 0 Å². The largest absolute Gasteiger partial charge is 0.273 e. The Morgan fingerprint density at radius 1 is 1.05 bits per heavy atom. The van der Waals surface area contributed by atoms with Crippen molar-refractivity contribution in [1.82, 2.24) is 10.9 Å². The third kappa shape index (κ3) is 5.55. The summed E-state index contributed by atoms with van der Waals surface area (Å²) in [7, 11) is 0. The summed E-state index contributed by atoms with van der Waals surface area (Å²) in [6.45, 7) is 3.99. The van der Waals surface area contributed by atoms with Crippen LogP contribution in [0.2, 0.25) is 0 Å².